The Morgan fingerprint density at radius 2 is 2.40 bits per heavy atom. The van der Waals surface area contributed by atoms with E-state index in [2.05, 4.69) is 4.98 Å². The van der Waals surface area contributed by atoms with Gasteiger partial charge in [-0.2, -0.15) is 0 Å². The fourth-order valence-electron chi connectivity index (χ4n) is 2.12. The third kappa shape index (κ3) is 1.72. The van der Waals surface area contributed by atoms with E-state index in [0.717, 1.165) is 5.69 Å². The monoisotopic (exact) mass is 205 g/mol. The first-order valence-electron chi connectivity index (χ1n) is 5.20. The number of likely N-dealkylation sites (tertiary alicyclic amines) is 1. The summed E-state index contributed by atoms with van der Waals surface area (Å²) in [6.07, 6.45) is 2.16. The van der Waals surface area contributed by atoms with E-state index in [-0.39, 0.29) is 18.0 Å². The lowest BCUT2D eigenvalue weighted by Crippen LogP contribution is -2.33. The number of carbonyl (C=O) groups excluding carboxylic acids is 1. The molecule has 1 aliphatic rings. The molecule has 80 valence electrons. The van der Waals surface area contributed by atoms with Crippen molar-refractivity contribution in [3.63, 3.8) is 0 Å². The molecule has 2 heterocycles. The topological polar surface area (TPSA) is 59.2 Å². The van der Waals surface area contributed by atoms with Gasteiger partial charge in [0, 0.05) is 25.2 Å². The minimum absolute atomic E-state index is 0.0521. The molecule has 0 spiro atoms. The van der Waals surface area contributed by atoms with Gasteiger partial charge in [0.15, 0.2) is 0 Å². The maximum atomic E-state index is 11.6. The third-order valence-corrected chi connectivity index (χ3v) is 2.80. The zero-order valence-corrected chi connectivity index (χ0v) is 8.76. The van der Waals surface area contributed by atoms with Crippen LogP contribution in [0.25, 0.3) is 0 Å². The van der Waals surface area contributed by atoms with Crippen LogP contribution in [0.1, 0.15) is 25.1 Å². The molecule has 1 fully saturated rings. The maximum Gasteiger partial charge on any atom is 0.224 e. The fourth-order valence-corrected chi connectivity index (χ4v) is 2.12. The van der Waals surface area contributed by atoms with E-state index in [1.807, 2.05) is 25.1 Å². The van der Waals surface area contributed by atoms with Crippen LogP contribution >= 0.6 is 0 Å². The van der Waals surface area contributed by atoms with Gasteiger partial charge in [0.25, 0.3) is 0 Å². The Kier molecular flexibility index (Phi) is 2.68. The summed E-state index contributed by atoms with van der Waals surface area (Å²) in [6, 6.07) is 5.52. The molecule has 0 saturated carbocycles. The van der Waals surface area contributed by atoms with E-state index >= 15 is 0 Å². The molecule has 0 radical (unpaired) electrons. The van der Waals surface area contributed by atoms with Crippen molar-refractivity contribution in [1.82, 2.24) is 9.88 Å². The third-order valence-electron chi connectivity index (χ3n) is 2.80. The zero-order valence-electron chi connectivity index (χ0n) is 8.76. The van der Waals surface area contributed by atoms with Gasteiger partial charge in [-0.1, -0.05) is 6.07 Å². The molecule has 1 aromatic heterocycles. The number of hydrogen-bond donors (Lipinski definition) is 1. The van der Waals surface area contributed by atoms with E-state index in [1.165, 1.54) is 0 Å². The second-order valence-corrected chi connectivity index (χ2v) is 3.75. The average Bonchev–Trinajstić information content (AvgIpc) is 2.54. The molecule has 4 heteroatoms. The minimum atomic E-state index is -0.132. The first-order valence-corrected chi connectivity index (χ1v) is 5.20. The number of nitrogens with zero attached hydrogens (tertiary/aromatic N) is 2. The summed E-state index contributed by atoms with van der Waals surface area (Å²) in [7, 11) is 0. The quantitative estimate of drug-likeness (QED) is 0.773. The van der Waals surface area contributed by atoms with Crippen molar-refractivity contribution in [2.24, 2.45) is 5.73 Å². The predicted octanol–water partition coefficient (Wildman–Crippen LogP) is 0.702. The normalized spacial score (nSPS) is 26.0. The summed E-state index contributed by atoms with van der Waals surface area (Å²) >= 11 is 0. The molecule has 0 aliphatic carbocycles. The highest BCUT2D eigenvalue weighted by Gasteiger charge is 2.38. The molecule has 2 rings (SSSR count). The lowest BCUT2D eigenvalue weighted by Gasteiger charge is -2.24. The van der Waals surface area contributed by atoms with E-state index in [0.29, 0.717) is 13.0 Å². The van der Waals surface area contributed by atoms with Crippen LogP contribution in [0.4, 0.5) is 0 Å². The van der Waals surface area contributed by atoms with Crippen molar-refractivity contribution >= 4 is 5.91 Å². The van der Waals surface area contributed by atoms with Gasteiger partial charge < -0.3 is 10.6 Å². The SMILES string of the molecule is CCN1C(=O)CC(N)C1c1ccccn1. The van der Waals surface area contributed by atoms with Crippen molar-refractivity contribution in [2.45, 2.75) is 25.4 Å². The Morgan fingerprint density at radius 1 is 1.60 bits per heavy atom. The molecule has 15 heavy (non-hydrogen) atoms. The summed E-state index contributed by atoms with van der Waals surface area (Å²) in [6.45, 7) is 2.65. The van der Waals surface area contributed by atoms with Gasteiger partial charge in [-0.25, -0.2) is 0 Å². The van der Waals surface area contributed by atoms with Crippen LogP contribution in [0.5, 0.6) is 0 Å². The molecule has 0 bridgehead atoms. The Bertz CT molecular complexity index is 352. The van der Waals surface area contributed by atoms with Crippen LogP contribution in [0, 0.1) is 0 Å². The van der Waals surface area contributed by atoms with Crippen LogP contribution in [-0.2, 0) is 4.79 Å². The number of aromatic nitrogens is 1. The average molecular weight is 205 g/mol. The number of likely N-dealkylation sites (N-methyl/N-ethyl adjacent to an activating group) is 1. The van der Waals surface area contributed by atoms with Crippen molar-refractivity contribution in [1.29, 1.82) is 0 Å². The van der Waals surface area contributed by atoms with Gasteiger partial charge in [0.05, 0.1) is 11.7 Å². The standard InChI is InChI=1S/C11H15N3O/c1-2-14-10(15)7-8(12)11(14)9-5-3-4-6-13-9/h3-6,8,11H,2,7,12H2,1H3. The smallest absolute Gasteiger partial charge is 0.224 e. The number of pyridine rings is 1. The summed E-state index contributed by atoms with van der Waals surface area (Å²) < 4.78 is 0. The van der Waals surface area contributed by atoms with Gasteiger partial charge in [0.1, 0.15) is 0 Å². The summed E-state index contributed by atoms with van der Waals surface area (Å²) in [5.41, 5.74) is 6.85. The Balaban J connectivity index is 2.31. The summed E-state index contributed by atoms with van der Waals surface area (Å²) in [4.78, 5) is 17.7. The van der Waals surface area contributed by atoms with E-state index < -0.39 is 0 Å². The Hall–Kier alpha value is -1.42. The van der Waals surface area contributed by atoms with Gasteiger partial charge in [0.2, 0.25) is 5.91 Å². The van der Waals surface area contributed by atoms with Crippen molar-refractivity contribution in [3.05, 3.63) is 30.1 Å². The Labute approximate surface area is 89.1 Å². The van der Waals surface area contributed by atoms with Crippen molar-refractivity contribution in [3.8, 4) is 0 Å². The van der Waals surface area contributed by atoms with Gasteiger partial charge >= 0.3 is 0 Å². The number of nitrogens with two attached hydrogens (primary N) is 1. The van der Waals surface area contributed by atoms with Crippen LogP contribution < -0.4 is 5.73 Å². The molecule has 1 aromatic rings. The molecular formula is C11H15N3O. The molecule has 0 aromatic carbocycles. The Morgan fingerprint density at radius 3 is 3.00 bits per heavy atom. The molecule has 2 unspecified atom stereocenters. The van der Waals surface area contributed by atoms with E-state index in [4.69, 9.17) is 5.73 Å². The molecule has 1 aliphatic heterocycles. The minimum Gasteiger partial charge on any atom is -0.333 e. The van der Waals surface area contributed by atoms with Crippen LogP contribution in [0.3, 0.4) is 0 Å². The molecular weight excluding hydrogens is 190 g/mol. The lowest BCUT2D eigenvalue weighted by molar-refractivity contribution is -0.128. The number of amides is 1. The second kappa shape index (κ2) is 3.98. The highest BCUT2D eigenvalue weighted by molar-refractivity contribution is 5.80. The lowest BCUT2D eigenvalue weighted by atomic mass is 10.1. The molecule has 1 amide bonds. The molecule has 4 nitrogen and oxygen atoms in total. The second-order valence-electron chi connectivity index (χ2n) is 3.75. The fraction of sp³-hybridized carbons (Fsp3) is 0.455. The van der Waals surface area contributed by atoms with Crippen molar-refractivity contribution < 1.29 is 4.79 Å². The maximum absolute atomic E-state index is 11.6. The predicted molar refractivity (Wildman–Crippen MR) is 57.0 cm³/mol. The van der Waals surface area contributed by atoms with Crippen LogP contribution in [0.2, 0.25) is 0 Å². The van der Waals surface area contributed by atoms with Crippen molar-refractivity contribution in [2.75, 3.05) is 6.54 Å². The number of hydrogen-bond acceptors (Lipinski definition) is 3. The van der Waals surface area contributed by atoms with Gasteiger partial charge in [-0.3, -0.25) is 9.78 Å². The van der Waals surface area contributed by atoms with E-state index in [1.54, 1.807) is 11.1 Å². The first-order chi connectivity index (χ1) is 7.24. The summed E-state index contributed by atoms with van der Waals surface area (Å²) in [5.74, 6) is 0.126. The number of carbonyl (C=O) groups is 1. The van der Waals surface area contributed by atoms with Crippen LogP contribution in [0.15, 0.2) is 24.4 Å². The van der Waals surface area contributed by atoms with Gasteiger partial charge in [-0.15, -0.1) is 0 Å². The zero-order chi connectivity index (χ0) is 10.8. The molecule has 2 atom stereocenters. The first kappa shape index (κ1) is 10.1. The summed E-state index contributed by atoms with van der Waals surface area (Å²) in [5, 5.41) is 0. The number of rotatable bonds is 2. The molecule has 2 N–H and O–H groups in total. The molecule has 1 saturated heterocycles. The van der Waals surface area contributed by atoms with E-state index in [9.17, 15) is 4.79 Å². The van der Waals surface area contributed by atoms with Gasteiger partial charge in [-0.05, 0) is 19.1 Å². The highest BCUT2D eigenvalue weighted by atomic mass is 16.2. The largest absolute Gasteiger partial charge is 0.333 e. The highest BCUT2D eigenvalue weighted by Crippen LogP contribution is 2.30. The van der Waals surface area contributed by atoms with Crippen LogP contribution in [-0.4, -0.2) is 28.4 Å².